The van der Waals surface area contributed by atoms with Gasteiger partial charge in [-0.15, -0.1) is 45.3 Å². The molecule has 16 aromatic heterocycles. The lowest BCUT2D eigenvalue weighted by Crippen LogP contribution is -1.92. The molecule has 0 spiro atoms. The first-order valence-electron chi connectivity index (χ1n) is 46.9. The van der Waals surface area contributed by atoms with E-state index in [1.165, 1.54) is 140 Å². The van der Waals surface area contributed by atoms with E-state index < -0.39 is 0 Å². The normalized spacial score (nSPS) is 12.6. The van der Waals surface area contributed by atoms with Crippen LogP contribution in [0.5, 0.6) is 0 Å². The molecule has 648 valence electrons. The minimum atomic E-state index is 0.916. The maximum absolute atomic E-state index is 6.56. The Labute approximate surface area is 804 Å². The molecular weight excluding hydrogens is 1790 g/mol. The summed E-state index contributed by atoms with van der Waals surface area (Å²) >= 11 is 7.39. The number of para-hydroxylation sites is 12. The molecule has 0 atom stereocenters. The molecule has 0 amide bonds. The maximum Gasteiger partial charge on any atom is 0.147 e. The molecule has 36 aromatic rings. The van der Waals surface area contributed by atoms with Crippen LogP contribution in [0.1, 0.15) is 0 Å². The minimum absolute atomic E-state index is 0.916. The van der Waals surface area contributed by atoms with Gasteiger partial charge >= 0.3 is 0 Å². The van der Waals surface area contributed by atoms with Crippen molar-refractivity contribution in [2.45, 2.75) is 0 Å². The number of nitrogens with zero attached hydrogens (tertiary/aromatic N) is 8. The number of hydrogen-bond acceptors (Lipinski definition) is 12. The van der Waals surface area contributed by atoms with Crippen LogP contribution in [0.3, 0.4) is 0 Å². The van der Waals surface area contributed by atoms with E-state index in [4.69, 9.17) is 37.6 Å². The number of imidazole rings is 4. The van der Waals surface area contributed by atoms with Gasteiger partial charge in [-0.3, -0.25) is 17.6 Å². The summed E-state index contributed by atoms with van der Waals surface area (Å²) in [5.41, 5.74) is 24.4. The van der Waals surface area contributed by atoms with Gasteiger partial charge in [0, 0.05) is 161 Å². The first-order valence-corrected chi connectivity index (χ1v) is 50.2. The molecule has 12 nitrogen and oxygen atoms in total. The zero-order chi connectivity index (χ0) is 90.7. The molecule has 0 saturated carbocycles. The fourth-order valence-electron chi connectivity index (χ4n) is 23.6. The molecule has 0 unspecified atom stereocenters. The van der Waals surface area contributed by atoms with Crippen molar-refractivity contribution in [1.29, 1.82) is 0 Å². The Bertz CT molecular complexity index is 11900. The summed E-state index contributed by atoms with van der Waals surface area (Å²) in [6, 6.07) is 138. The molecule has 0 aliphatic rings. The maximum atomic E-state index is 6.56. The summed E-state index contributed by atoms with van der Waals surface area (Å²) in [5.74, 6) is 0. The summed E-state index contributed by atoms with van der Waals surface area (Å²) in [7, 11) is 0. The van der Waals surface area contributed by atoms with Gasteiger partial charge in [-0.2, -0.15) is 0 Å². The van der Waals surface area contributed by atoms with Crippen molar-refractivity contribution in [3.8, 4) is 0 Å². The summed E-state index contributed by atoms with van der Waals surface area (Å²) in [6.07, 6.45) is 0. The highest BCUT2D eigenvalue weighted by atomic mass is 32.1. The fraction of sp³-hybridized carbons (Fsp3) is 0. The van der Waals surface area contributed by atoms with Gasteiger partial charge in [0.2, 0.25) is 0 Å². The topological polar surface area (TPSA) is 122 Å². The highest BCUT2D eigenvalue weighted by molar-refractivity contribution is 7.27. The summed E-state index contributed by atoms with van der Waals surface area (Å²) in [6.45, 7) is 0. The van der Waals surface area contributed by atoms with E-state index in [2.05, 4.69) is 382 Å². The lowest BCUT2D eigenvalue weighted by Gasteiger charge is -2.11. The van der Waals surface area contributed by atoms with Crippen molar-refractivity contribution in [3.63, 3.8) is 0 Å². The molecule has 0 aliphatic carbocycles. The van der Waals surface area contributed by atoms with Gasteiger partial charge in [-0.05, 0) is 197 Å². The van der Waals surface area contributed by atoms with Crippen molar-refractivity contribution in [1.82, 2.24) is 37.5 Å². The van der Waals surface area contributed by atoms with E-state index in [1.807, 2.05) is 69.6 Å². The highest BCUT2D eigenvalue weighted by Crippen LogP contribution is 2.53. The Balaban J connectivity index is 0.0000000829. The monoisotopic (exact) mass is 1860 g/mol. The van der Waals surface area contributed by atoms with Crippen LogP contribution in [0.15, 0.2) is 406 Å². The first-order chi connectivity index (χ1) is 69.4. The van der Waals surface area contributed by atoms with E-state index in [9.17, 15) is 0 Å². The van der Waals surface area contributed by atoms with E-state index in [-0.39, 0.29) is 0 Å². The highest BCUT2D eigenvalue weighted by Gasteiger charge is 2.29. The number of furan rings is 4. The number of aromatic nitrogens is 8. The van der Waals surface area contributed by atoms with E-state index in [1.54, 1.807) is 0 Å². The Morgan fingerprint density at radius 3 is 0.986 bits per heavy atom. The Hall–Kier alpha value is -17.6. The van der Waals surface area contributed by atoms with Crippen molar-refractivity contribution in [3.05, 3.63) is 388 Å². The quantitative estimate of drug-likeness (QED) is 0.138. The smallest absolute Gasteiger partial charge is 0.147 e. The predicted octanol–water partition coefficient (Wildman–Crippen LogP) is 36.2. The Kier molecular flexibility index (Phi) is 15.2. The van der Waals surface area contributed by atoms with Gasteiger partial charge in [-0.1, -0.05) is 212 Å². The molecule has 16 heteroatoms. The van der Waals surface area contributed by atoms with Crippen LogP contribution < -0.4 is 0 Å². The molecule has 0 aliphatic heterocycles. The molecule has 20 aromatic carbocycles. The summed E-state index contributed by atoms with van der Waals surface area (Å²) in [4.78, 5) is 20.6. The van der Waals surface area contributed by atoms with Crippen LogP contribution in [-0.2, 0) is 0 Å². The van der Waals surface area contributed by atoms with Gasteiger partial charge in [0.05, 0.1) is 71.6 Å². The SMILES string of the molecule is c1ccc2c(c1)nc1c3c(ccc4c5ccccc5sc43)c3c4oc5ccccc5c4ccc3n21.c1ccc2c(c1)nc1c3c(ccc4sc5ccccc5c43)c3c4c(ccc3n21)oc1ccccc14.c1ccc2c(c1)nc1c3cc4sc5ccccc5c4cc3c3c4c(ccc3n21)oc1ccccc14.c1ccc2c(c1)nc1c3cc4sc5ccccc5c4cc3c3c4oc5ccccc5c4ccc3n21. The van der Waals surface area contributed by atoms with Crippen LogP contribution in [0.2, 0.25) is 0 Å². The molecule has 16 heterocycles. The van der Waals surface area contributed by atoms with Crippen LogP contribution >= 0.6 is 45.3 Å². The molecule has 36 rings (SSSR count). The second-order valence-corrected chi connectivity index (χ2v) is 41.0. The van der Waals surface area contributed by atoms with Crippen molar-refractivity contribution in [2.24, 2.45) is 0 Å². The number of thiophene rings is 4. The molecular formula is C124H64N8O4S4. The number of rotatable bonds is 0. The summed E-state index contributed by atoms with van der Waals surface area (Å²) < 4.78 is 45.4. The molecule has 0 fully saturated rings. The third-order valence-electron chi connectivity index (χ3n) is 29.4. The Morgan fingerprint density at radius 1 is 0.157 bits per heavy atom. The second kappa shape index (κ2) is 28.0. The van der Waals surface area contributed by atoms with Crippen LogP contribution in [0, 0.1) is 0 Å². The fourth-order valence-corrected chi connectivity index (χ4v) is 28.2. The zero-order valence-corrected chi connectivity index (χ0v) is 77.1. The van der Waals surface area contributed by atoms with Crippen LogP contribution in [0.4, 0.5) is 0 Å². The third kappa shape index (κ3) is 10.3. The van der Waals surface area contributed by atoms with Gasteiger partial charge in [0.1, 0.15) is 67.3 Å². The molecule has 140 heavy (non-hydrogen) atoms. The van der Waals surface area contributed by atoms with Gasteiger partial charge in [0.25, 0.3) is 0 Å². The minimum Gasteiger partial charge on any atom is -0.456 e. The standard InChI is InChI=1S/4C31H16N2OS/c1-5-11-25-18(8-1)30-26(34-25)14-13-24-29(30)20-15-19-17-7-2-6-12-27(17)35-28(19)16-21(20)31-32-22-9-3-4-10-23(22)33(24)31;1-5-11-23-17(7-1)28-24(34-23)15-14-22-27(28)19-13-16-26-29(18-8-2-6-12-25(18)35-26)30(19)31-32-20-9-3-4-10-21(20)33(22)31;1-5-11-26-17(7-1)19-13-14-25-29(30(19)34-26)21-15-20-18-8-2-6-12-27(18)35-28(20)16-22(21)31-32-23-9-3-4-10-24(23)33(25)31;1-5-11-25-17(7-1)19-15-16-24-27(29(19)34-25)21-14-13-20-18-8-2-6-12-26(18)35-30(20)28(21)31-32-22-9-3-4-10-23(22)33(24)31/h4*1-16H. The molecule has 0 saturated heterocycles. The number of fused-ring (bicyclic) bond motifs is 62. The van der Waals surface area contributed by atoms with Crippen molar-refractivity contribution in [2.75, 3.05) is 0 Å². The zero-order valence-electron chi connectivity index (χ0n) is 73.8. The average Bonchev–Trinajstić information content (AvgIpc) is 1.51. The second-order valence-electron chi connectivity index (χ2n) is 36.7. The van der Waals surface area contributed by atoms with Crippen LogP contribution in [-0.4, -0.2) is 37.5 Å². The van der Waals surface area contributed by atoms with Crippen molar-refractivity contribution >= 4 is 367 Å². The number of hydrogen-bond donors (Lipinski definition) is 0. The van der Waals surface area contributed by atoms with Gasteiger partial charge in [-0.25, -0.2) is 19.9 Å². The number of pyridine rings is 4. The largest absolute Gasteiger partial charge is 0.456 e. The van der Waals surface area contributed by atoms with Gasteiger partial charge in [0.15, 0.2) is 0 Å². The predicted molar refractivity (Wildman–Crippen MR) is 592 cm³/mol. The molecule has 0 radical (unpaired) electrons. The van der Waals surface area contributed by atoms with Gasteiger partial charge < -0.3 is 17.7 Å². The average molecular weight is 1860 g/mol. The van der Waals surface area contributed by atoms with Crippen LogP contribution in [0.25, 0.3) is 322 Å². The number of benzene rings is 20. The van der Waals surface area contributed by atoms with E-state index in [0.717, 1.165) is 182 Å². The third-order valence-corrected chi connectivity index (χ3v) is 34.0. The lowest BCUT2D eigenvalue weighted by atomic mass is 9.98. The summed E-state index contributed by atoms with van der Waals surface area (Å²) in [5, 5.41) is 33.8. The lowest BCUT2D eigenvalue weighted by molar-refractivity contribution is 0.669. The van der Waals surface area contributed by atoms with E-state index in [0.29, 0.717) is 0 Å². The Morgan fingerprint density at radius 2 is 0.486 bits per heavy atom. The first kappa shape index (κ1) is 75.6. The van der Waals surface area contributed by atoms with E-state index >= 15 is 0 Å². The molecule has 0 bridgehead atoms. The van der Waals surface area contributed by atoms with Crippen molar-refractivity contribution < 1.29 is 17.7 Å². The molecule has 0 N–H and O–H groups in total.